The zero-order valence-electron chi connectivity index (χ0n) is 11.1. The van der Waals surface area contributed by atoms with Crippen LogP contribution >= 0.6 is 12.2 Å². The Morgan fingerprint density at radius 2 is 2.26 bits per heavy atom. The highest BCUT2D eigenvalue weighted by molar-refractivity contribution is 7.80. The minimum absolute atomic E-state index is 0.00207. The minimum Gasteiger partial charge on any atom is -0.492 e. The van der Waals surface area contributed by atoms with Crippen LogP contribution in [0.4, 0.5) is 0 Å². The number of ether oxygens (including phenoxy) is 1. The molecule has 0 fully saturated rings. The second-order valence-electron chi connectivity index (χ2n) is 4.87. The average Bonchev–Trinajstić information content (AvgIpc) is 2.80. The van der Waals surface area contributed by atoms with Gasteiger partial charge >= 0.3 is 0 Å². The number of thiocarbonyl (C=S) groups is 1. The van der Waals surface area contributed by atoms with Gasteiger partial charge in [0.15, 0.2) is 0 Å². The van der Waals surface area contributed by atoms with E-state index in [-0.39, 0.29) is 17.9 Å². The first-order valence-electron chi connectivity index (χ1n) is 6.27. The molecule has 2 rings (SSSR count). The number of para-hydroxylation sites is 1. The van der Waals surface area contributed by atoms with E-state index in [9.17, 15) is 4.79 Å². The van der Waals surface area contributed by atoms with Gasteiger partial charge < -0.3 is 15.4 Å². The molecule has 0 spiro atoms. The van der Waals surface area contributed by atoms with Crippen LogP contribution in [0.25, 0.3) is 0 Å². The van der Waals surface area contributed by atoms with Gasteiger partial charge in [-0.1, -0.05) is 30.4 Å². The van der Waals surface area contributed by atoms with Gasteiger partial charge in [0.25, 0.3) is 0 Å². The summed E-state index contributed by atoms with van der Waals surface area (Å²) < 4.78 is 5.55. The van der Waals surface area contributed by atoms with Crippen molar-refractivity contribution in [3.05, 3.63) is 29.8 Å². The number of amides is 1. The Labute approximate surface area is 118 Å². The lowest BCUT2D eigenvalue weighted by molar-refractivity contribution is -0.133. The molecule has 2 atom stereocenters. The average molecular weight is 278 g/mol. The molecule has 4 nitrogen and oxygen atoms in total. The van der Waals surface area contributed by atoms with Crippen molar-refractivity contribution < 1.29 is 9.53 Å². The van der Waals surface area contributed by atoms with Gasteiger partial charge in [0.1, 0.15) is 18.3 Å². The van der Waals surface area contributed by atoms with Crippen LogP contribution in [0, 0.1) is 0 Å². The largest absolute Gasteiger partial charge is 0.492 e. The molecular formula is C14H18N2O2S. The van der Waals surface area contributed by atoms with Gasteiger partial charge in [0.05, 0.1) is 4.99 Å². The highest BCUT2D eigenvalue weighted by Gasteiger charge is 2.33. The fraction of sp³-hybridized carbons (Fsp3) is 0.429. The number of hydrogen-bond donors (Lipinski definition) is 1. The molecule has 1 aromatic carbocycles. The highest BCUT2D eigenvalue weighted by Crippen LogP contribution is 2.34. The summed E-state index contributed by atoms with van der Waals surface area (Å²) in [5.74, 6) is 0.625. The summed E-state index contributed by atoms with van der Waals surface area (Å²) in [6, 6.07) is 7.66. The van der Waals surface area contributed by atoms with Crippen LogP contribution in [-0.2, 0) is 4.79 Å². The first kappa shape index (κ1) is 13.8. The van der Waals surface area contributed by atoms with Crippen molar-refractivity contribution in [2.75, 3.05) is 13.7 Å². The molecule has 1 aromatic rings. The maximum Gasteiger partial charge on any atom is 0.233 e. The quantitative estimate of drug-likeness (QED) is 0.852. The maximum atomic E-state index is 12.5. The summed E-state index contributed by atoms with van der Waals surface area (Å²) in [7, 11) is 1.78. The number of carbonyl (C=O) groups excluding carboxylic acids is 1. The Balaban J connectivity index is 2.11. The lowest BCUT2D eigenvalue weighted by atomic mass is 9.99. The summed E-state index contributed by atoms with van der Waals surface area (Å²) in [6.45, 7) is 2.35. The van der Waals surface area contributed by atoms with Crippen LogP contribution in [-0.4, -0.2) is 35.5 Å². The Morgan fingerprint density at radius 1 is 1.58 bits per heavy atom. The normalized spacial score (nSPS) is 18.3. The molecule has 2 N–H and O–H groups in total. The number of nitrogens with zero attached hydrogens (tertiary/aromatic N) is 1. The lowest BCUT2D eigenvalue weighted by Gasteiger charge is -2.27. The number of carbonyl (C=O) groups is 1. The molecular weight excluding hydrogens is 260 g/mol. The van der Waals surface area contributed by atoms with E-state index in [1.54, 1.807) is 11.9 Å². The third-order valence-electron chi connectivity index (χ3n) is 3.50. The zero-order chi connectivity index (χ0) is 14.0. The van der Waals surface area contributed by atoms with Crippen molar-refractivity contribution in [2.45, 2.75) is 25.3 Å². The van der Waals surface area contributed by atoms with Crippen LogP contribution in [0.1, 0.15) is 24.8 Å². The molecule has 1 aliphatic heterocycles. The molecule has 0 radical (unpaired) electrons. The second-order valence-corrected chi connectivity index (χ2v) is 5.39. The number of nitrogens with two attached hydrogens (primary N) is 1. The van der Waals surface area contributed by atoms with E-state index in [4.69, 9.17) is 22.7 Å². The topological polar surface area (TPSA) is 55.6 Å². The van der Waals surface area contributed by atoms with E-state index in [2.05, 4.69) is 0 Å². The molecule has 1 heterocycles. The maximum absolute atomic E-state index is 12.5. The Morgan fingerprint density at radius 3 is 2.95 bits per heavy atom. The van der Waals surface area contributed by atoms with Gasteiger partial charge in [-0.25, -0.2) is 0 Å². The molecule has 0 aromatic heterocycles. The Kier molecular flexibility index (Phi) is 4.04. The van der Waals surface area contributed by atoms with Crippen LogP contribution < -0.4 is 10.5 Å². The first-order valence-corrected chi connectivity index (χ1v) is 6.68. The van der Waals surface area contributed by atoms with Crippen molar-refractivity contribution >= 4 is 23.1 Å². The van der Waals surface area contributed by atoms with Crippen LogP contribution in [0.3, 0.4) is 0 Å². The third kappa shape index (κ3) is 2.87. The summed E-state index contributed by atoms with van der Waals surface area (Å²) >= 11 is 4.89. The van der Waals surface area contributed by atoms with E-state index in [1.165, 1.54) is 0 Å². The standard InChI is InChI=1S/C14H18N2O2S/c1-9(7-13(15)19)16(2)14(17)11-8-18-12-6-4-3-5-10(11)12/h3-6,9,11H,7-8H2,1-2H3,(H2,15,19). The van der Waals surface area contributed by atoms with E-state index >= 15 is 0 Å². The van der Waals surface area contributed by atoms with Gasteiger partial charge in [-0.05, 0) is 13.0 Å². The van der Waals surface area contributed by atoms with Crippen molar-refractivity contribution in [1.29, 1.82) is 0 Å². The predicted molar refractivity (Wildman–Crippen MR) is 78.3 cm³/mol. The molecule has 1 aliphatic rings. The molecule has 2 unspecified atom stereocenters. The molecule has 1 amide bonds. The zero-order valence-corrected chi connectivity index (χ0v) is 11.9. The van der Waals surface area contributed by atoms with E-state index in [1.807, 2.05) is 31.2 Å². The minimum atomic E-state index is -0.227. The van der Waals surface area contributed by atoms with Crippen molar-refractivity contribution in [2.24, 2.45) is 5.73 Å². The molecule has 0 saturated carbocycles. The third-order valence-corrected chi connectivity index (χ3v) is 3.67. The van der Waals surface area contributed by atoms with Gasteiger partial charge in [-0.15, -0.1) is 0 Å². The van der Waals surface area contributed by atoms with Gasteiger partial charge in [-0.3, -0.25) is 4.79 Å². The second kappa shape index (κ2) is 5.57. The number of benzene rings is 1. The van der Waals surface area contributed by atoms with Gasteiger partial charge in [0, 0.05) is 25.1 Å². The molecule has 102 valence electrons. The summed E-state index contributed by atoms with van der Waals surface area (Å²) in [6.07, 6.45) is 0.535. The molecule has 5 heteroatoms. The fourth-order valence-electron chi connectivity index (χ4n) is 2.26. The summed E-state index contributed by atoms with van der Waals surface area (Å²) in [5, 5.41) is 0. The van der Waals surface area contributed by atoms with E-state index in [0.29, 0.717) is 18.0 Å². The number of fused-ring (bicyclic) bond motifs is 1. The van der Waals surface area contributed by atoms with E-state index in [0.717, 1.165) is 11.3 Å². The fourth-order valence-corrected chi connectivity index (χ4v) is 2.50. The lowest BCUT2D eigenvalue weighted by Crippen LogP contribution is -2.40. The summed E-state index contributed by atoms with van der Waals surface area (Å²) in [4.78, 5) is 14.6. The van der Waals surface area contributed by atoms with Gasteiger partial charge in [0.2, 0.25) is 5.91 Å². The molecule has 0 saturated heterocycles. The number of rotatable bonds is 4. The number of hydrogen-bond acceptors (Lipinski definition) is 3. The van der Waals surface area contributed by atoms with Crippen molar-refractivity contribution in [3.8, 4) is 5.75 Å². The smallest absolute Gasteiger partial charge is 0.233 e. The molecule has 19 heavy (non-hydrogen) atoms. The molecule has 0 bridgehead atoms. The Hall–Kier alpha value is -1.62. The van der Waals surface area contributed by atoms with Crippen molar-refractivity contribution in [3.63, 3.8) is 0 Å². The Bertz CT molecular complexity index is 504. The van der Waals surface area contributed by atoms with Crippen molar-refractivity contribution in [1.82, 2.24) is 4.90 Å². The predicted octanol–water partition coefficient (Wildman–Crippen LogP) is 1.69. The van der Waals surface area contributed by atoms with Gasteiger partial charge in [-0.2, -0.15) is 0 Å². The molecule has 0 aliphatic carbocycles. The number of likely N-dealkylation sites (N-methyl/N-ethyl adjacent to an activating group) is 1. The highest BCUT2D eigenvalue weighted by atomic mass is 32.1. The van der Waals surface area contributed by atoms with E-state index < -0.39 is 0 Å². The van der Waals surface area contributed by atoms with Crippen LogP contribution in [0.15, 0.2) is 24.3 Å². The monoisotopic (exact) mass is 278 g/mol. The summed E-state index contributed by atoms with van der Waals surface area (Å²) in [5.41, 5.74) is 6.49. The van der Waals surface area contributed by atoms with Crippen LogP contribution in [0.5, 0.6) is 5.75 Å². The first-order chi connectivity index (χ1) is 9.00. The van der Waals surface area contributed by atoms with Crippen LogP contribution in [0.2, 0.25) is 0 Å². The SMILES string of the molecule is CC(CC(N)=S)N(C)C(=O)C1COc2ccccc21.